The quantitative estimate of drug-likeness (QED) is 0.894. The number of pyridine rings is 1. The number of hydrogen-bond acceptors (Lipinski definition) is 4. The summed E-state index contributed by atoms with van der Waals surface area (Å²) in [4.78, 5) is 15.1. The van der Waals surface area contributed by atoms with E-state index >= 15 is 0 Å². The lowest BCUT2D eigenvalue weighted by molar-refractivity contribution is 0.0509. The molecule has 0 aliphatic carbocycles. The molecule has 0 radical (unpaired) electrons. The van der Waals surface area contributed by atoms with Crippen molar-refractivity contribution in [2.45, 2.75) is 45.8 Å². The number of carbonyl (C=O) groups is 1. The summed E-state index contributed by atoms with van der Waals surface area (Å²) >= 11 is 0. The number of nitrogens with one attached hydrogen (secondary N) is 1. The van der Waals surface area contributed by atoms with Crippen LogP contribution in [-0.4, -0.2) is 22.7 Å². The lowest BCUT2D eigenvalue weighted by atomic mass is 10.2. The Bertz CT molecular complexity index is 569. The molecule has 0 bridgehead atoms. The van der Waals surface area contributed by atoms with Gasteiger partial charge in [-0.25, -0.2) is 14.2 Å². The van der Waals surface area contributed by atoms with Gasteiger partial charge >= 0.3 is 6.09 Å². The molecule has 5 nitrogen and oxygen atoms in total. The number of halogens is 2. The molecule has 1 atom stereocenters. The molecular weight excluding hydrogens is 292 g/mol. The van der Waals surface area contributed by atoms with E-state index in [1.54, 1.807) is 33.8 Å². The van der Waals surface area contributed by atoms with Gasteiger partial charge in [-0.3, -0.25) is 0 Å². The third-order valence-corrected chi connectivity index (χ3v) is 2.56. The molecule has 1 amide bonds. The molecule has 3 N–H and O–H groups in total. The van der Waals surface area contributed by atoms with E-state index < -0.39 is 29.1 Å². The smallest absolute Gasteiger partial charge is 0.407 e. The Kier molecular flexibility index (Phi) is 5.84. The molecule has 1 aromatic heterocycles. The van der Waals surface area contributed by atoms with Crippen LogP contribution in [0.5, 0.6) is 0 Å². The minimum Gasteiger partial charge on any atom is -0.444 e. The van der Waals surface area contributed by atoms with Crippen molar-refractivity contribution in [3.8, 4) is 0 Å². The molecule has 0 aliphatic rings. The van der Waals surface area contributed by atoms with Crippen LogP contribution in [0, 0.1) is 11.6 Å². The maximum absolute atomic E-state index is 13.5. The van der Waals surface area contributed by atoms with E-state index in [0.29, 0.717) is 6.42 Å². The summed E-state index contributed by atoms with van der Waals surface area (Å²) in [5.74, 6) is -2.69. The Morgan fingerprint density at radius 2 is 2.09 bits per heavy atom. The molecule has 1 aromatic rings. The fourth-order valence-corrected chi connectivity index (χ4v) is 1.57. The maximum Gasteiger partial charge on any atom is 0.407 e. The lowest BCUT2D eigenvalue weighted by Gasteiger charge is -2.21. The summed E-state index contributed by atoms with van der Waals surface area (Å²) in [6, 6.07) is -0.222. The molecule has 0 aromatic carbocycles. The van der Waals surface area contributed by atoms with E-state index in [-0.39, 0.29) is 11.6 Å². The van der Waals surface area contributed by atoms with Crippen LogP contribution in [0.4, 0.5) is 19.4 Å². The summed E-state index contributed by atoms with van der Waals surface area (Å²) < 4.78 is 31.9. The van der Waals surface area contributed by atoms with Crippen LogP contribution in [0.3, 0.4) is 0 Å². The highest BCUT2D eigenvalue weighted by atomic mass is 19.2. The first-order chi connectivity index (χ1) is 10.1. The van der Waals surface area contributed by atoms with Gasteiger partial charge in [-0.1, -0.05) is 12.2 Å². The number of alkyl carbamates (subject to hydrolysis) is 1. The lowest BCUT2D eigenvalue weighted by Crippen LogP contribution is -2.37. The van der Waals surface area contributed by atoms with Gasteiger partial charge < -0.3 is 15.8 Å². The van der Waals surface area contributed by atoms with E-state index in [4.69, 9.17) is 10.5 Å². The number of rotatable bonds is 4. The molecule has 122 valence electrons. The zero-order valence-corrected chi connectivity index (χ0v) is 13.1. The highest BCUT2D eigenvalue weighted by Gasteiger charge is 2.17. The zero-order chi connectivity index (χ0) is 16.9. The third-order valence-electron chi connectivity index (χ3n) is 2.56. The average Bonchev–Trinajstić information content (AvgIpc) is 2.36. The van der Waals surface area contributed by atoms with E-state index in [1.165, 1.54) is 6.08 Å². The number of amides is 1. The normalized spacial score (nSPS) is 13.2. The fraction of sp³-hybridized carbons (Fsp3) is 0.467. The van der Waals surface area contributed by atoms with Gasteiger partial charge in [-0.2, -0.15) is 4.39 Å². The topological polar surface area (TPSA) is 77.2 Å². The van der Waals surface area contributed by atoms with Crippen molar-refractivity contribution >= 4 is 18.0 Å². The molecule has 1 heterocycles. The van der Waals surface area contributed by atoms with Gasteiger partial charge in [0.05, 0.1) is 0 Å². The predicted molar refractivity (Wildman–Crippen MR) is 81.0 cm³/mol. The summed E-state index contributed by atoms with van der Waals surface area (Å²) in [5.41, 5.74) is 4.58. The van der Waals surface area contributed by atoms with Crippen molar-refractivity contribution in [2.24, 2.45) is 0 Å². The van der Waals surface area contributed by atoms with Crippen molar-refractivity contribution in [3.63, 3.8) is 0 Å². The highest BCUT2D eigenvalue weighted by Crippen LogP contribution is 2.16. The summed E-state index contributed by atoms with van der Waals surface area (Å²) in [5, 5.41) is 2.64. The fourth-order valence-electron chi connectivity index (χ4n) is 1.57. The molecular formula is C15H21F2N3O2. The van der Waals surface area contributed by atoms with Gasteiger partial charge in [0.15, 0.2) is 11.6 Å². The van der Waals surface area contributed by atoms with Gasteiger partial charge in [-0.05, 0) is 34.1 Å². The Morgan fingerprint density at radius 1 is 1.45 bits per heavy atom. The zero-order valence-electron chi connectivity index (χ0n) is 13.1. The maximum atomic E-state index is 13.5. The second kappa shape index (κ2) is 7.20. The van der Waals surface area contributed by atoms with Crippen molar-refractivity contribution in [1.29, 1.82) is 0 Å². The van der Waals surface area contributed by atoms with Crippen LogP contribution in [0.15, 0.2) is 12.3 Å². The number of nitrogens with zero attached hydrogens (tertiary/aromatic N) is 1. The van der Waals surface area contributed by atoms with E-state index in [1.807, 2.05) is 0 Å². The number of nitrogens with two attached hydrogens (primary N) is 1. The van der Waals surface area contributed by atoms with Crippen molar-refractivity contribution in [2.75, 3.05) is 5.73 Å². The number of hydrogen-bond donors (Lipinski definition) is 2. The monoisotopic (exact) mass is 313 g/mol. The number of nitrogen functional groups attached to an aromatic ring is 1. The molecule has 0 fully saturated rings. The first kappa shape index (κ1) is 17.9. The van der Waals surface area contributed by atoms with Gasteiger partial charge in [0.25, 0.3) is 0 Å². The van der Waals surface area contributed by atoms with Gasteiger partial charge in [0.2, 0.25) is 5.82 Å². The van der Waals surface area contributed by atoms with Gasteiger partial charge in [0, 0.05) is 17.8 Å². The number of aromatic nitrogens is 1. The summed E-state index contributed by atoms with van der Waals surface area (Å²) in [6.07, 6.45) is 4.04. The van der Waals surface area contributed by atoms with Crippen LogP contribution >= 0.6 is 0 Å². The molecule has 0 saturated heterocycles. The number of anilines is 1. The Morgan fingerprint density at radius 3 is 2.68 bits per heavy atom. The minimum absolute atomic E-state index is 0.00355. The third kappa shape index (κ3) is 5.67. The van der Waals surface area contributed by atoms with Gasteiger partial charge in [-0.15, -0.1) is 0 Å². The van der Waals surface area contributed by atoms with Crippen molar-refractivity contribution < 1.29 is 18.3 Å². The van der Waals surface area contributed by atoms with Crippen molar-refractivity contribution in [3.05, 3.63) is 29.5 Å². The second-order valence-electron chi connectivity index (χ2n) is 5.91. The van der Waals surface area contributed by atoms with E-state index in [9.17, 15) is 13.6 Å². The average molecular weight is 313 g/mol. The molecule has 0 aliphatic heterocycles. The van der Waals surface area contributed by atoms with Crippen LogP contribution in [0.2, 0.25) is 0 Å². The summed E-state index contributed by atoms with van der Waals surface area (Å²) in [7, 11) is 0. The van der Waals surface area contributed by atoms with Gasteiger partial charge in [0.1, 0.15) is 5.60 Å². The molecule has 22 heavy (non-hydrogen) atoms. The minimum atomic E-state index is -1.16. The second-order valence-corrected chi connectivity index (χ2v) is 5.91. The molecule has 0 saturated carbocycles. The first-order valence-electron chi connectivity index (χ1n) is 6.85. The van der Waals surface area contributed by atoms with E-state index in [2.05, 4.69) is 10.3 Å². The standard InChI is InChI=1S/C15H21F2N3O2/c1-9(20-14(21)22-15(2,3)4)6-5-7-10-8-19-13(18)12(17)11(10)16/h5,7-9H,6H2,1-4H3,(H2,18,19)(H,20,21)/b7-5+/t9-/m0/s1. The molecule has 0 spiro atoms. The highest BCUT2D eigenvalue weighted by molar-refractivity contribution is 5.68. The van der Waals surface area contributed by atoms with Crippen molar-refractivity contribution in [1.82, 2.24) is 10.3 Å². The summed E-state index contributed by atoms with van der Waals surface area (Å²) in [6.45, 7) is 7.07. The van der Waals surface area contributed by atoms with Crippen LogP contribution < -0.4 is 11.1 Å². The molecule has 1 rings (SSSR count). The van der Waals surface area contributed by atoms with Crippen LogP contribution in [0.25, 0.3) is 6.08 Å². The first-order valence-corrected chi connectivity index (χ1v) is 6.85. The van der Waals surface area contributed by atoms with Crippen LogP contribution in [-0.2, 0) is 4.74 Å². The Balaban J connectivity index is 2.56. The Labute approximate surface area is 128 Å². The molecule has 0 unspecified atom stereocenters. The predicted octanol–water partition coefficient (Wildman–Crippen LogP) is 3.26. The Hall–Kier alpha value is -2.18. The SMILES string of the molecule is C[C@@H](C/C=C/c1cnc(N)c(F)c1F)NC(=O)OC(C)(C)C. The van der Waals surface area contributed by atoms with Crippen LogP contribution in [0.1, 0.15) is 39.7 Å². The van der Waals surface area contributed by atoms with E-state index in [0.717, 1.165) is 6.20 Å². The number of ether oxygens (including phenoxy) is 1. The molecule has 7 heteroatoms. The largest absolute Gasteiger partial charge is 0.444 e. The number of carbonyl (C=O) groups excluding carboxylic acids is 1.